The highest BCUT2D eigenvalue weighted by molar-refractivity contribution is 6.31. The average Bonchev–Trinajstić information content (AvgIpc) is 2.46. The summed E-state index contributed by atoms with van der Waals surface area (Å²) < 4.78 is 14.1. The fourth-order valence-electron chi connectivity index (χ4n) is 2.62. The number of hydrogen-bond donors (Lipinski definition) is 0. The molecule has 0 saturated carbocycles. The van der Waals surface area contributed by atoms with Gasteiger partial charge in [-0.3, -0.25) is 0 Å². The third kappa shape index (κ3) is 2.20. The third-order valence-electron chi connectivity index (χ3n) is 3.91. The number of rotatable bonds is 2. The molecule has 5 heteroatoms. The summed E-state index contributed by atoms with van der Waals surface area (Å²) in [5.74, 6) is 0.928. The molecular weight excluding hydrogens is 301 g/mol. The van der Waals surface area contributed by atoms with Crippen molar-refractivity contribution in [2.75, 3.05) is 18.0 Å². The maximum absolute atomic E-state index is 14.1. The lowest BCUT2D eigenvalue weighted by molar-refractivity contribution is 0.611. The SMILES string of the molecule is Fc1ccccc1-c1nc(N2CCC2)c2cc(Cl)ccc2n1. The minimum absolute atomic E-state index is 0.314. The van der Waals surface area contributed by atoms with Crippen LogP contribution in [0.5, 0.6) is 0 Å². The number of aromatic nitrogens is 2. The van der Waals surface area contributed by atoms with Gasteiger partial charge in [0.1, 0.15) is 11.6 Å². The van der Waals surface area contributed by atoms with Gasteiger partial charge in [-0.15, -0.1) is 0 Å². The van der Waals surface area contributed by atoms with Crippen molar-refractivity contribution in [1.82, 2.24) is 9.97 Å². The first-order chi connectivity index (χ1) is 10.7. The zero-order chi connectivity index (χ0) is 15.1. The number of hydrogen-bond acceptors (Lipinski definition) is 3. The molecule has 0 radical (unpaired) electrons. The summed E-state index contributed by atoms with van der Waals surface area (Å²) in [7, 11) is 0. The van der Waals surface area contributed by atoms with Crippen molar-refractivity contribution in [3.05, 3.63) is 53.3 Å². The highest BCUT2D eigenvalue weighted by Gasteiger charge is 2.21. The van der Waals surface area contributed by atoms with Crippen molar-refractivity contribution < 1.29 is 4.39 Å². The van der Waals surface area contributed by atoms with E-state index in [4.69, 9.17) is 11.6 Å². The van der Waals surface area contributed by atoms with Crippen molar-refractivity contribution >= 4 is 28.3 Å². The van der Waals surface area contributed by atoms with Crippen LogP contribution >= 0.6 is 11.6 Å². The fraction of sp³-hybridized carbons (Fsp3) is 0.176. The van der Waals surface area contributed by atoms with Crippen molar-refractivity contribution in [2.24, 2.45) is 0 Å². The van der Waals surface area contributed by atoms with Crippen LogP contribution in [0.2, 0.25) is 5.02 Å². The molecule has 2 aromatic carbocycles. The Morgan fingerprint density at radius 1 is 1.05 bits per heavy atom. The molecule has 1 aromatic heterocycles. The van der Waals surface area contributed by atoms with E-state index in [1.165, 1.54) is 6.07 Å². The molecule has 0 spiro atoms. The van der Waals surface area contributed by atoms with Gasteiger partial charge in [0.2, 0.25) is 0 Å². The van der Waals surface area contributed by atoms with Crippen LogP contribution in [0.4, 0.5) is 10.2 Å². The van der Waals surface area contributed by atoms with Crippen molar-refractivity contribution in [2.45, 2.75) is 6.42 Å². The van der Waals surface area contributed by atoms with Crippen LogP contribution < -0.4 is 4.90 Å². The van der Waals surface area contributed by atoms with E-state index >= 15 is 0 Å². The van der Waals surface area contributed by atoms with E-state index < -0.39 is 0 Å². The summed E-state index contributed by atoms with van der Waals surface area (Å²) in [6.07, 6.45) is 1.14. The lowest BCUT2D eigenvalue weighted by atomic mass is 10.1. The van der Waals surface area contributed by atoms with E-state index in [0.717, 1.165) is 36.2 Å². The van der Waals surface area contributed by atoms with Gasteiger partial charge in [0.25, 0.3) is 0 Å². The Labute approximate surface area is 132 Å². The molecule has 4 rings (SSSR count). The van der Waals surface area contributed by atoms with Crippen LogP contribution in [0, 0.1) is 5.82 Å². The van der Waals surface area contributed by atoms with Gasteiger partial charge in [0.15, 0.2) is 5.82 Å². The molecule has 0 bridgehead atoms. The van der Waals surface area contributed by atoms with E-state index in [1.807, 2.05) is 12.1 Å². The second-order valence-corrected chi connectivity index (χ2v) is 5.79. The van der Waals surface area contributed by atoms with E-state index in [1.54, 1.807) is 24.3 Å². The van der Waals surface area contributed by atoms with Gasteiger partial charge in [-0.2, -0.15) is 0 Å². The molecule has 0 amide bonds. The second kappa shape index (κ2) is 5.21. The first kappa shape index (κ1) is 13.5. The van der Waals surface area contributed by atoms with E-state index in [0.29, 0.717) is 16.4 Å². The maximum Gasteiger partial charge on any atom is 0.165 e. The lowest BCUT2D eigenvalue weighted by Gasteiger charge is -2.33. The highest BCUT2D eigenvalue weighted by Crippen LogP contribution is 2.32. The fourth-order valence-corrected chi connectivity index (χ4v) is 2.79. The van der Waals surface area contributed by atoms with Crippen LogP contribution in [-0.4, -0.2) is 23.1 Å². The van der Waals surface area contributed by atoms with Crippen LogP contribution in [0.25, 0.3) is 22.3 Å². The van der Waals surface area contributed by atoms with Gasteiger partial charge >= 0.3 is 0 Å². The molecule has 0 N–H and O–H groups in total. The third-order valence-corrected chi connectivity index (χ3v) is 4.14. The first-order valence-corrected chi connectivity index (χ1v) is 7.57. The predicted molar refractivity (Wildman–Crippen MR) is 86.8 cm³/mol. The maximum atomic E-state index is 14.1. The monoisotopic (exact) mass is 313 g/mol. The average molecular weight is 314 g/mol. The standard InChI is InChI=1S/C17H13ClFN3/c18-11-6-7-15-13(10-11)17(22-8-3-9-22)21-16(20-15)12-4-1-2-5-14(12)19/h1-2,4-7,10H,3,8-9H2. The van der Waals surface area contributed by atoms with Crippen LogP contribution in [-0.2, 0) is 0 Å². The summed E-state index contributed by atoms with van der Waals surface area (Å²) in [6.45, 7) is 1.91. The molecule has 0 atom stereocenters. The molecule has 3 nitrogen and oxygen atoms in total. The van der Waals surface area contributed by atoms with Gasteiger partial charge < -0.3 is 4.90 Å². The lowest BCUT2D eigenvalue weighted by Crippen LogP contribution is -2.37. The topological polar surface area (TPSA) is 29.0 Å². The molecule has 1 fully saturated rings. The largest absolute Gasteiger partial charge is 0.356 e. The zero-order valence-corrected chi connectivity index (χ0v) is 12.5. The van der Waals surface area contributed by atoms with Gasteiger partial charge in [0, 0.05) is 23.5 Å². The Kier molecular flexibility index (Phi) is 3.19. The number of fused-ring (bicyclic) bond motifs is 1. The molecule has 1 aliphatic rings. The molecule has 1 aliphatic heterocycles. The van der Waals surface area contributed by atoms with Crippen LogP contribution in [0.15, 0.2) is 42.5 Å². The predicted octanol–water partition coefficient (Wildman–Crippen LogP) is 4.30. The quantitative estimate of drug-likeness (QED) is 0.706. The first-order valence-electron chi connectivity index (χ1n) is 7.19. The summed E-state index contributed by atoms with van der Waals surface area (Å²) >= 11 is 6.10. The summed E-state index contributed by atoms with van der Waals surface area (Å²) in [4.78, 5) is 11.3. The number of anilines is 1. The molecule has 110 valence electrons. The molecular formula is C17H13ClFN3. The molecule has 2 heterocycles. The Morgan fingerprint density at radius 3 is 2.59 bits per heavy atom. The zero-order valence-electron chi connectivity index (χ0n) is 11.8. The van der Waals surface area contributed by atoms with E-state index in [-0.39, 0.29) is 5.82 Å². The number of nitrogens with zero attached hydrogens (tertiary/aromatic N) is 3. The number of benzene rings is 2. The van der Waals surface area contributed by atoms with Gasteiger partial charge in [-0.05, 0) is 36.8 Å². The Morgan fingerprint density at radius 2 is 1.86 bits per heavy atom. The van der Waals surface area contributed by atoms with Crippen molar-refractivity contribution in [3.8, 4) is 11.4 Å². The van der Waals surface area contributed by atoms with Gasteiger partial charge in [-0.25, -0.2) is 14.4 Å². The number of halogens is 2. The second-order valence-electron chi connectivity index (χ2n) is 5.35. The minimum atomic E-state index is -0.314. The highest BCUT2D eigenvalue weighted by atomic mass is 35.5. The Hall–Kier alpha value is -2.20. The smallest absolute Gasteiger partial charge is 0.165 e. The van der Waals surface area contributed by atoms with Crippen LogP contribution in [0.1, 0.15) is 6.42 Å². The summed E-state index contributed by atoms with van der Waals surface area (Å²) in [6, 6.07) is 12.1. The molecule has 0 aliphatic carbocycles. The van der Waals surface area contributed by atoms with E-state index in [2.05, 4.69) is 14.9 Å². The molecule has 22 heavy (non-hydrogen) atoms. The normalized spacial score (nSPS) is 14.2. The summed E-state index contributed by atoms with van der Waals surface area (Å²) in [5.41, 5.74) is 1.20. The summed E-state index contributed by atoms with van der Waals surface area (Å²) in [5, 5.41) is 1.56. The van der Waals surface area contributed by atoms with E-state index in [9.17, 15) is 4.39 Å². The van der Waals surface area contributed by atoms with Crippen molar-refractivity contribution in [3.63, 3.8) is 0 Å². The minimum Gasteiger partial charge on any atom is -0.356 e. The Balaban J connectivity index is 1.97. The van der Waals surface area contributed by atoms with Crippen molar-refractivity contribution in [1.29, 1.82) is 0 Å². The molecule has 0 unspecified atom stereocenters. The van der Waals surface area contributed by atoms with Gasteiger partial charge in [0.05, 0.1) is 11.1 Å². The molecule has 1 saturated heterocycles. The molecule has 3 aromatic rings. The van der Waals surface area contributed by atoms with Gasteiger partial charge in [-0.1, -0.05) is 23.7 Å². The Bertz CT molecular complexity index is 862. The van der Waals surface area contributed by atoms with Crippen LogP contribution in [0.3, 0.4) is 0 Å².